The molecule has 2 N–H and O–H groups in total. The maximum atomic E-state index is 12.3. The Kier molecular flexibility index (Phi) is 6.12. The highest BCUT2D eigenvalue weighted by molar-refractivity contribution is 6.04. The first-order valence-corrected chi connectivity index (χ1v) is 9.46. The Labute approximate surface area is 160 Å². The largest absolute Gasteiger partial charge is 0.508 e. The highest BCUT2D eigenvalue weighted by Crippen LogP contribution is 2.22. The number of nitrogens with one attached hydrogen (secondary N) is 1. The summed E-state index contributed by atoms with van der Waals surface area (Å²) in [5.41, 5.74) is 2.99. The molecule has 5 nitrogen and oxygen atoms in total. The Morgan fingerprint density at radius 3 is 2.30 bits per heavy atom. The van der Waals surface area contributed by atoms with Crippen molar-refractivity contribution >= 4 is 11.9 Å². The second-order valence-corrected chi connectivity index (χ2v) is 7.26. The number of carbonyl (C=O) groups excluding carboxylic acids is 2. The number of carbonyl (C=O) groups is 2. The van der Waals surface area contributed by atoms with Crippen LogP contribution in [0.1, 0.15) is 40.7 Å². The van der Waals surface area contributed by atoms with Gasteiger partial charge < -0.3 is 10.0 Å². The fourth-order valence-electron chi connectivity index (χ4n) is 3.41. The fraction of sp³-hybridized carbons (Fsp3) is 0.364. The molecule has 27 heavy (non-hydrogen) atoms. The number of nitrogens with zero attached hydrogens (tertiary/aromatic N) is 1. The monoisotopic (exact) mass is 366 g/mol. The molecule has 142 valence electrons. The number of likely N-dealkylation sites (tertiary alicyclic amines) is 1. The molecule has 3 amide bonds. The first-order chi connectivity index (χ1) is 13.0. The van der Waals surface area contributed by atoms with Crippen molar-refractivity contribution < 1.29 is 14.7 Å². The number of piperidine rings is 1. The van der Waals surface area contributed by atoms with Crippen LogP contribution in [-0.4, -0.2) is 35.0 Å². The lowest BCUT2D eigenvalue weighted by molar-refractivity contribution is 0.0944. The van der Waals surface area contributed by atoms with Gasteiger partial charge in [-0.05, 0) is 68.4 Å². The molecule has 5 heteroatoms. The van der Waals surface area contributed by atoms with Crippen molar-refractivity contribution in [2.45, 2.75) is 32.6 Å². The summed E-state index contributed by atoms with van der Waals surface area (Å²) in [6.07, 6.45) is 4.13. The molecule has 0 saturated carbocycles. The molecule has 1 heterocycles. The predicted molar refractivity (Wildman–Crippen MR) is 105 cm³/mol. The molecule has 1 aliphatic rings. The lowest BCUT2D eigenvalue weighted by atomic mass is 9.90. The second kappa shape index (κ2) is 8.71. The van der Waals surface area contributed by atoms with Crippen LogP contribution in [0.4, 0.5) is 4.79 Å². The van der Waals surface area contributed by atoms with Crippen LogP contribution < -0.4 is 5.32 Å². The number of hydrogen-bond acceptors (Lipinski definition) is 3. The van der Waals surface area contributed by atoms with Crippen LogP contribution in [0.3, 0.4) is 0 Å². The van der Waals surface area contributed by atoms with E-state index in [1.807, 2.05) is 0 Å². The summed E-state index contributed by atoms with van der Waals surface area (Å²) in [6, 6.07) is 14.2. The van der Waals surface area contributed by atoms with Gasteiger partial charge in [-0.15, -0.1) is 0 Å². The smallest absolute Gasteiger partial charge is 0.324 e. The van der Waals surface area contributed by atoms with E-state index in [1.54, 1.807) is 4.90 Å². The highest BCUT2D eigenvalue weighted by Gasteiger charge is 2.24. The zero-order valence-corrected chi connectivity index (χ0v) is 15.6. The van der Waals surface area contributed by atoms with E-state index in [1.165, 1.54) is 35.4 Å². The molecule has 0 aliphatic carbocycles. The molecule has 0 bridgehead atoms. The molecule has 2 aromatic carbocycles. The third-order valence-electron chi connectivity index (χ3n) is 5.21. The maximum absolute atomic E-state index is 12.3. The molecule has 1 aliphatic heterocycles. The fourth-order valence-corrected chi connectivity index (χ4v) is 3.41. The summed E-state index contributed by atoms with van der Waals surface area (Å²) in [4.78, 5) is 26.1. The van der Waals surface area contributed by atoms with E-state index in [0.717, 1.165) is 25.7 Å². The summed E-state index contributed by atoms with van der Waals surface area (Å²) in [6.45, 7) is 3.44. The van der Waals surface area contributed by atoms with Crippen LogP contribution in [0.25, 0.3) is 0 Å². The van der Waals surface area contributed by atoms with Crippen molar-refractivity contribution in [3.8, 4) is 5.75 Å². The lowest BCUT2D eigenvalue weighted by Crippen LogP contribution is -2.46. The van der Waals surface area contributed by atoms with Crippen LogP contribution in [0, 0.1) is 12.8 Å². The molecule has 1 fully saturated rings. The predicted octanol–water partition coefficient (Wildman–Crippen LogP) is 3.90. The van der Waals surface area contributed by atoms with Crippen molar-refractivity contribution in [2.24, 2.45) is 5.92 Å². The number of benzene rings is 2. The van der Waals surface area contributed by atoms with E-state index in [2.05, 4.69) is 36.5 Å². The van der Waals surface area contributed by atoms with Crippen LogP contribution in [0.15, 0.2) is 48.5 Å². The summed E-state index contributed by atoms with van der Waals surface area (Å²) < 4.78 is 0. The Morgan fingerprint density at radius 1 is 1.04 bits per heavy atom. The first kappa shape index (κ1) is 19.0. The van der Waals surface area contributed by atoms with Crippen molar-refractivity contribution in [1.29, 1.82) is 0 Å². The van der Waals surface area contributed by atoms with Crippen LogP contribution in [0.5, 0.6) is 5.75 Å². The van der Waals surface area contributed by atoms with Gasteiger partial charge in [-0.3, -0.25) is 10.1 Å². The minimum absolute atomic E-state index is 0.0885. The molecule has 0 spiro atoms. The molecular formula is C22H26N2O3. The summed E-state index contributed by atoms with van der Waals surface area (Å²) in [5.74, 6) is 0.259. The summed E-state index contributed by atoms with van der Waals surface area (Å²) in [7, 11) is 0. The standard InChI is InChI=1S/C22H26N2O3/c1-16-2-4-17(5-3-16)6-7-18-12-14-24(15-13-18)22(27)23-21(26)19-8-10-20(25)11-9-19/h2-5,8-11,18,25H,6-7,12-15H2,1H3,(H,23,26,27). The number of phenols is 1. The topological polar surface area (TPSA) is 69.6 Å². The minimum atomic E-state index is -0.443. The number of imide groups is 1. The van der Waals surface area contributed by atoms with Gasteiger partial charge in [0.15, 0.2) is 0 Å². The average Bonchev–Trinajstić information content (AvgIpc) is 2.68. The van der Waals surface area contributed by atoms with Crippen LogP contribution in [-0.2, 0) is 6.42 Å². The Morgan fingerprint density at radius 2 is 1.67 bits per heavy atom. The zero-order valence-electron chi connectivity index (χ0n) is 15.6. The summed E-state index contributed by atoms with van der Waals surface area (Å²) >= 11 is 0. The van der Waals surface area contributed by atoms with Gasteiger partial charge >= 0.3 is 6.03 Å². The number of rotatable bonds is 4. The van der Waals surface area contributed by atoms with Crippen molar-refractivity contribution in [3.05, 3.63) is 65.2 Å². The van der Waals surface area contributed by atoms with E-state index in [-0.39, 0.29) is 11.8 Å². The van der Waals surface area contributed by atoms with E-state index in [9.17, 15) is 14.7 Å². The maximum Gasteiger partial charge on any atom is 0.324 e. The van der Waals surface area contributed by atoms with E-state index in [4.69, 9.17) is 0 Å². The highest BCUT2D eigenvalue weighted by atomic mass is 16.3. The Hall–Kier alpha value is -2.82. The molecule has 1 saturated heterocycles. The van der Waals surface area contributed by atoms with Crippen molar-refractivity contribution in [2.75, 3.05) is 13.1 Å². The van der Waals surface area contributed by atoms with E-state index < -0.39 is 5.91 Å². The number of urea groups is 1. The molecule has 0 unspecified atom stereocenters. The lowest BCUT2D eigenvalue weighted by Gasteiger charge is -2.31. The average molecular weight is 366 g/mol. The minimum Gasteiger partial charge on any atom is -0.508 e. The van der Waals surface area contributed by atoms with Gasteiger partial charge in [0.05, 0.1) is 0 Å². The normalized spacial score (nSPS) is 14.8. The summed E-state index contributed by atoms with van der Waals surface area (Å²) in [5, 5.41) is 11.7. The molecule has 0 atom stereocenters. The Bertz CT molecular complexity index is 776. The van der Waals surface area contributed by atoms with E-state index >= 15 is 0 Å². The van der Waals surface area contributed by atoms with Gasteiger partial charge in [0.1, 0.15) is 5.75 Å². The van der Waals surface area contributed by atoms with Crippen LogP contribution >= 0.6 is 0 Å². The van der Waals surface area contributed by atoms with Gasteiger partial charge in [-0.1, -0.05) is 29.8 Å². The van der Waals surface area contributed by atoms with Crippen molar-refractivity contribution in [1.82, 2.24) is 10.2 Å². The number of phenolic OH excluding ortho intramolecular Hbond substituents is 1. The molecular weight excluding hydrogens is 340 g/mol. The number of aryl methyl sites for hydroxylation is 2. The molecule has 0 radical (unpaired) electrons. The number of hydrogen-bond donors (Lipinski definition) is 2. The van der Waals surface area contributed by atoms with E-state index in [0.29, 0.717) is 24.6 Å². The van der Waals surface area contributed by atoms with Gasteiger partial charge in [0, 0.05) is 18.7 Å². The van der Waals surface area contributed by atoms with Gasteiger partial charge in [-0.25, -0.2) is 4.79 Å². The third kappa shape index (κ3) is 5.33. The molecule has 3 rings (SSSR count). The quantitative estimate of drug-likeness (QED) is 0.862. The number of amides is 3. The van der Waals surface area contributed by atoms with Crippen molar-refractivity contribution in [3.63, 3.8) is 0 Å². The van der Waals surface area contributed by atoms with Gasteiger partial charge in [-0.2, -0.15) is 0 Å². The second-order valence-electron chi connectivity index (χ2n) is 7.26. The van der Waals surface area contributed by atoms with Gasteiger partial charge in [0.25, 0.3) is 5.91 Å². The zero-order chi connectivity index (χ0) is 19.2. The van der Waals surface area contributed by atoms with Gasteiger partial charge in [0.2, 0.25) is 0 Å². The third-order valence-corrected chi connectivity index (χ3v) is 5.21. The molecule has 2 aromatic rings. The number of aromatic hydroxyl groups is 1. The first-order valence-electron chi connectivity index (χ1n) is 9.46. The SMILES string of the molecule is Cc1ccc(CCC2CCN(C(=O)NC(=O)c3ccc(O)cc3)CC2)cc1. The van der Waals surface area contributed by atoms with Crippen LogP contribution in [0.2, 0.25) is 0 Å². The Balaban J connectivity index is 1.42. The molecule has 0 aromatic heterocycles.